The van der Waals surface area contributed by atoms with E-state index in [1.807, 2.05) is 0 Å². The third-order valence-electron chi connectivity index (χ3n) is 3.48. The van der Waals surface area contributed by atoms with Crippen LogP contribution in [0.5, 0.6) is 0 Å². The molecule has 1 aromatic carbocycles. The summed E-state index contributed by atoms with van der Waals surface area (Å²) in [6.45, 7) is 7.05. The van der Waals surface area contributed by atoms with E-state index in [0.717, 1.165) is 45.9 Å². The largest absolute Gasteiger partial charge is 0.379 e. The SMILES string of the molecule is c1cc2c(c(CN3CCOCC3)c1)CNC2. The fourth-order valence-electron chi connectivity index (χ4n) is 2.55. The van der Waals surface area contributed by atoms with Crippen LogP contribution in [0, 0.1) is 0 Å². The lowest BCUT2D eigenvalue weighted by molar-refractivity contribution is 0.0341. The molecule has 0 radical (unpaired) electrons. The number of hydrogen-bond donors (Lipinski definition) is 1. The maximum atomic E-state index is 5.38. The zero-order valence-electron chi connectivity index (χ0n) is 9.54. The van der Waals surface area contributed by atoms with Crippen LogP contribution in [0.1, 0.15) is 16.7 Å². The summed E-state index contributed by atoms with van der Waals surface area (Å²) < 4.78 is 5.38. The monoisotopic (exact) mass is 218 g/mol. The van der Waals surface area contributed by atoms with Gasteiger partial charge in [-0.05, 0) is 16.7 Å². The van der Waals surface area contributed by atoms with E-state index in [9.17, 15) is 0 Å². The Balaban J connectivity index is 1.76. The van der Waals surface area contributed by atoms with Gasteiger partial charge in [-0.2, -0.15) is 0 Å². The first-order chi connectivity index (χ1) is 7.93. The molecule has 1 fully saturated rings. The molecular formula is C13H18N2O. The Labute approximate surface area is 96.4 Å². The molecule has 1 saturated heterocycles. The molecule has 1 N–H and O–H groups in total. The van der Waals surface area contributed by atoms with Crippen LogP contribution in [0.25, 0.3) is 0 Å². The van der Waals surface area contributed by atoms with Crippen molar-refractivity contribution in [3.63, 3.8) is 0 Å². The van der Waals surface area contributed by atoms with Gasteiger partial charge in [0.05, 0.1) is 13.2 Å². The zero-order valence-corrected chi connectivity index (χ0v) is 9.54. The molecule has 0 amide bonds. The van der Waals surface area contributed by atoms with Gasteiger partial charge in [0.25, 0.3) is 0 Å². The Bertz CT molecular complexity index is 372. The van der Waals surface area contributed by atoms with Gasteiger partial charge in [-0.3, -0.25) is 4.90 Å². The third-order valence-corrected chi connectivity index (χ3v) is 3.48. The zero-order chi connectivity index (χ0) is 10.8. The summed E-state index contributed by atoms with van der Waals surface area (Å²) in [5.74, 6) is 0. The van der Waals surface area contributed by atoms with Gasteiger partial charge < -0.3 is 10.1 Å². The minimum absolute atomic E-state index is 0.882. The lowest BCUT2D eigenvalue weighted by Gasteiger charge is -2.27. The molecule has 0 saturated carbocycles. The first-order valence-corrected chi connectivity index (χ1v) is 6.04. The molecule has 0 atom stereocenters. The highest BCUT2D eigenvalue weighted by Gasteiger charge is 2.16. The summed E-state index contributed by atoms with van der Waals surface area (Å²) in [5, 5.41) is 3.42. The van der Waals surface area contributed by atoms with Gasteiger partial charge in [-0.1, -0.05) is 18.2 Å². The average Bonchev–Trinajstić information content (AvgIpc) is 2.80. The van der Waals surface area contributed by atoms with Crippen LogP contribution in [0.2, 0.25) is 0 Å². The number of rotatable bonds is 2. The van der Waals surface area contributed by atoms with E-state index in [1.165, 1.54) is 16.7 Å². The van der Waals surface area contributed by atoms with Gasteiger partial charge in [0.2, 0.25) is 0 Å². The van der Waals surface area contributed by atoms with Gasteiger partial charge in [-0.15, -0.1) is 0 Å². The second-order valence-electron chi connectivity index (χ2n) is 4.55. The smallest absolute Gasteiger partial charge is 0.0594 e. The minimum atomic E-state index is 0.882. The third kappa shape index (κ3) is 1.98. The van der Waals surface area contributed by atoms with E-state index in [-0.39, 0.29) is 0 Å². The number of benzene rings is 1. The number of morpholine rings is 1. The van der Waals surface area contributed by atoms with E-state index in [4.69, 9.17) is 4.74 Å². The van der Waals surface area contributed by atoms with Crippen LogP contribution in [-0.2, 0) is 24.4 Å². The fraction of sp³-hybridized carbons (Fsp3) is 0.538. The van der Waals surface area contributed by atoms with E-state index in [2.05, 4.69) is 28.4 Å². The van der Waals surface area contributed by atoms with E-state index >= 15 is 0 Å². The van der Waals surface area contributed by atoms with Crippen LogP contribution in [0.15, 0.2) is 18.2 Å². The molecule has 16 heavy (non-hydrogen) atoms. The highest BCUT2D eigenvalue weighted by Crippen LogP contribution is 2.21. The minimum Gasteiger partial charge on any atom is -0.379 e. The summed E-state index contributed by atoms with van der Waals surface area (Å²) >= 11 is 0. The van der Waals surface area contributed by atoms with E-state index < -0.39 is 0 Å². The number of fused-ring (bicyclic) bond motifs is 1. The Morgan fingerprint density at radius 3 is 2.94 bits per heavy atom. The summed E-state index contributed by atoms with van der Waals surface area (Å²) in [6, 6.07) is 6.68. The van der Waals surface area contributed by atoms with Crippen molar-refractivity contribution < 1.29 is 4.74 Å². The Kier molecular flexibility index (Phi) is 2.91. The molecule has 3 rings (SSSR count). The van der Waals surface area contributed by atoms with Crippen LogP contribution < -0.4 is 5.32 Å². The van der Waals surface area contributed by atoms with Gasteiger partial charge >= 0.3 is 0 Å². The molecule has 0 spiro atoms. The average molecular weight is 218 g/mol. The van der Waals surface area contributed by atoms with Gasteiger partial charge in [0, 0.05) is 32.7 Å². The molecule has 86 valence electrons. The second kappa shape index (κ2) is 4.53. The molecule has 0 unspecified atom stereocenters. The Morgan fingerprint density at radius 2 is 2.06 bits per heavy atom. The molecule has 2 heterocycles. The number of hydrogen-bond acceptors (Lipinski definition) is 3. The molecule has 2 aliphatic rings. The first-order valence-electron chi connectivity index (χ1n) is 6.04. The topological polar surface area (TPSA) is 24.5 Å². The highest BCUT2D eigenvalue weighted by molar-refractivity contribution is 5.37. The van der Waals surface area contributed by atoms with E-state index in [1.54, 1.807) is 0 Å². The molecule has 2 aliphatic heterocycles. The second-order valence-corrected chi connectivity index (χ2v) is 4.55. The van der Waals surface area contributed by atoms with Gasteiger partial charge in [0.15, 0.2) is 0 Å². The van der Waals surface area contributed by atoms with Crippen LogP contribution in [-0.4, -0.2) is 31.2 Å². The Morgan fingerprint density at radius 1 is 1.19 bits per heavy atom. The molecule has 0 bridgehead atoms. The van der Waals surface area contributed by atoms with Crippen molar-refractivity contribution >= 4 is 0 Å². The normalized spacial score (nSPS) is 21.0. The van der Waals surface area contributed by atoms with Crippen molar-refractivity contribution in [1.82, 2.24) is 10.2 Å². The number of nitrogens with zero attached hydrogens (tertiary/aromatic N) is 1. The predicted molar refractivity (Wildman–Crippen MR) is 63.1 cm³/mol. The predicted octanol–water partition coefficient (Wildman–Crippen LogP) is 1.12. The van der Waals surface area contributed by atoms with Crippen molar-refractivity contribution in [2.45, 2.75) is 19.6 Å². The molecule has 3 nitrogen and oxygen atoms in total. The standard InChI is InChI=1S/C13H18N2O/c1-2-11-8-14-9-13(11)12(3-1)10-15-4-6-16-7-5-15/h1-3,14H,4-10H2. The van der Waals surface area contributed by atoms with Crippen molar-refractivity contribution in [3.8, 4) is 0 Å². The molecule has 0 aliphatic carbocycles. The number of ether oxygens (including phenoxy) is 1. The number of nitrogens with one attached hydrogen (secondary N) is 1. The molecule has 1 aromatic rings. The maximum absolute atomic E-state index is 5.38. The van der Waals surface area contributed by atoms with Crippen molar-refractivity contribution in [3.05, 3.63) is 34.9 Å². The van der Waals surface area contributed by atoms with Crippen molar-refractivity contribution in [1.29, 1.82) is 0 Å². The summed E-state index contributed by atoms with van der Waals surface area (Å²) in [4.78, 5) is 2.48. The highest BCUT2D eigenvalue weighted by atomic mass is 16.5. The summed E-state index contributed by atoms with van der Waals surface area (Å²) in [7, 11) is 0. The van der Waals surface area contributed by atoms with Crippen LogP contribution in [0.3, 0.4) is 0 Å². The Hall–Kier alpha value is -0.900. The molecular weight excluding hydrogens is 200 g/mol. The first kappa shape index (κ1) is 10.3. The van der Waals surface area contributed by atoms with Crippen LogP contribution >= 0.6 is 0 Å². The molecule has 0 aromatic heterocycles. The lowest BCUT2D eigenvalue weighted by Crippen LogP contribution is -2.35. The quantitative estimate of drug-likeness (QED) is 0.805. The molecule has 3 heteroatoms. The fourth-order valence-corrected chi connectivity index (χ4v) is 2.55. The van der Waals surface area contributed by atoms with Gasteiger partial charge in [0.1, 0.15) is 0 Å². The van der Waals surface area contributed by atoms with Crippen molar-refractivity contribution in [2.75, 3.05) is 26.3 Å². The van der Waals surface area contributed by atoms with E-state index in [0.29, 0.717) is 0 Å². The lowest BCUT2D eigenvalue weighted by atomic mass is 10.0. The van der Waals surface area contributed by atoms with Gasteiger partial charge in [-0.25, -0.2) is 0 Å². The van der Waals surface area contributed by atoms with Crippen molar-refractivity contribution in [2.24, 2.45) is 0 Å². The summed E-state index contributed by atoms with van der Waals surface area (Å²) in [6.07, 6.45) is 0. The summed E-state index contributed by atoms with van der Waals surface area (Å²) in [5.41, 5.74) is 4.49. The maximum Gasteiger partial charge on any atom is 0.0594 e. The van der Waals surface area contributed by atoms with Crippen LogP contribution in [0.4, 0.5) is 0 Å².